The van der Waals surface area contributed by atoms with E-state index in [0.29, 0.717) is 36.9 Å². The fourth-order valence-corrected chi connectivity index (χ4v) is 9.12. The van der Waals surface area contributed by atoms with Gasteiger partial charge in [0.05, 0.1) is 6.10 Å². The van der Waals surface area contributed by atoms with E-state index < -0.39 is 34.6 Å². The molecule has 2 aliphatic heterocycles. The van der Waals surface area contributed by atoms with Crippen molar-refractivity contribution < 1.29 is 24.1 Å². The van der Waals surface area contributed by atoms with Gasteiger partial charge in [-0.3, -0.25) is 4.79 Å². The molecule has 2 N–H and O–H groups in total. The van der Waals surface area contributed by atoms with Gasteiger partial charge < -0.3 is 24.3 Å². The van der Waals surface area contributed by atoms with Crippen molar-refractivity contribution in [3.63, 3.8) is 0 Å². The van der Waals surface area contributed by atoms with E-state index in [9.17, 15) is 9.90 Å². The minimum atomic E-state index is -1.40. The van der Waals surface area contributed by atoms with Crippen molar-refractivity contribution in [2.45, 2.75) is 101 Å². The number of benzene rings is 1. The third kappa shape index (κ3) is 2.55. The molecule has 4 aliphatic carbocycles. The lowest BCUT2D eigenvalue weighted by atomic mass is 9.41. The van der Waals surface area contributed by atoms with Crippen LogP contribution in [0.2, 0.25) is 0 Å². The standard InChI is InChI=1S/C31H37NO5/c1-27(2)26-22(33)15-23-30(36-26,37-27)12-11-28(3)29(4)18(14-24(31(23,28)34)35-16-17-9-10-17)13-20-19-7-5-6-8-21(19)32-25(20)29/h5-8,15,17-18,24,26,32,34H,9-14,16H2,1-4H3/t18-,24+,26+,28-,29-,30?,31+/m1/s1. The number of carbonyl (C=O) groups excluding carboxylic acids is 1. The number of para-hydroxylation sites is 1. The molecule has 4 fully saturated rings. The highest BCUT2D eigenvalue weighted by Gasteiger charge is 2.78. The van der Waals surface area contributed by atoms with E-state index in [1.54, 1.807) is 6.08 Å². The summed E-state index contributed by atoms with van der Waals surface area (Å²) in [5, 5.41) is 14.5. The van der Waals surface area contributed by atoms with Gasteiger partial charge in [-0.15, -0.1) is 0 Å². The Balaban J connectivity index is 1.33. The maximum absolute atomic E-state index is 13.4. The van der Waals surface area contributed by atoms with Gasteiger partial charge in [0, 0.05) is 46.0 Å². The van der Waals surface area contributed by atoms with Gasteiger partial charge in [0.2, 0.25) is 0 Å². The lowest BCUT2D eigenvalue weighted by Crippen LogP contribution is -2.74. The lowest BCUT2D eigenvalue weighted by Gasteiger charge is -2.67. The number of nitrogens with one attached hydrogen (secondary N) is 1. The summed E-state index contributed by atoms with van der Waals surface area (Å²) in [5.74, 6) is -0.291. The van der Waals surface area contributed by atoms with Crippen molar-refractivity contribution in [3.8, 4) is 0 Å². The minimum Gasteiger partial charge on any atom is -0.382 e. The Kier molecular flexibility index (Phi) is 4.20. The van der Waals surface area contributed by atoms with Crippen LogP contribution >= 0.6 is 0 Å². The first-order valence-corrected chi connectivity index (χ1v) is 14.1. The van der Waals surface area contributed by atoms with Crippen molar-refractivity contribution in [1.29, 1.82) is 0 Å². The second-order valence-electron chi connectivity index (χ2n) is 13.6. The van der Waals surface area contributed by atoms with Crippen LogP contribution in [0.4, 0.5) is 0 Å². The summed E-state index contributed by atoms with van der Waals surface area (Å²) in [6.07, 6.45) is 6.01. The SMILES string of the molecule is CC1(C)OC23CC[C@]4(C)[C@@]5(C)c6[nH]c7ccccc7c6C[C@@H]5C[C@H](OCC5CC5)[C@@]4(O)C2=CC(=O)[C@@H]1O3. The number of aliphatic hydroxyl groups is 1. The maximum Gasteiger partial charge on any atom is 0.195 e. The summed E-state index contributed by atoms with van der Waals surface area (Å²) in [6.45, 7) is 9.08. The van der Waals surface area contributed by atoms with Crippen LogP contribution in [-0.4, -0.2) is 51.7 Å². The highest BCUT2D eigenvalue weighted by molar-refractivity contribution is 5.97. The fraction of sp³-hybridized carbons (Fsp3) is 0.645. The Bertz CT molecular complexity index is 1390. The molecule has 3 heterocycles. The van der Waals surface area contributed by atoms with E-state index in [4.69, 9.17) is 14.2 Å². The fourth-order valence-electron chi connectivity index (χ4n) is 9.12. The van der Waals surface area contributed by atoms with Gasteiger partial charge in [-0.05, 0) is 75.5 Å². The zero-order valence-corrected chi connectivity index (χ0v) is 22.2. The minimum absolute atomic E-state index is 0.114. The molecule has 0 radical (unpaired) electrons. The van der Waals surface area contributed by atoms with Crippen molar-refractivity contribution in [2.75, 3.05) is 6.61 Å². The van der Waals surface area contributed by atoms with Crippen molar-refractivity contribution >= 4 is 16.7 Å². The molecule has 6 heteroatoms. The van der Waals surface area contributed by atoms with Crippen molar-refractivity contribution in [1.82, 2.24) is 4.98 Å². The van der Waals surface area contributed by atoms with Crippen LogP contribution in [-0.2, 0) is 30.8 Å². The molecule has 2 bridgehead atoms. The van der Waals surface area contributed by atoms with E-state index in [0.717, 1.165) is 18.4 Å². The molecule has 7 atom stereocenters. The van der Waals surface area contributed by atoms with Gasteiger partial charge in [0.1, 0.15) is 11.2 Å². The van der Waals surface area contributed by atoms with Gasteiger partial charge in [0.15, 0.2) is 17.7 Å². The number of ether oxygens (including phenoxy) is 3. The monoisotopic (exact) mass is 503 g/mol. The van der Waals surface area contributed by atoms with Crippen LogP contribution in [0.25, 0.3) is 10.9 Å². The number of carbonyl (C=O) groups is 1. The van der Waals surface area contributed by atoms with Crippen LogP contribution in [0.3, 0.4) is 0 Å². The molecule has 196 valence electrons. The Labute approximate surface area is 217 Å². The molecule has 1 spiro atoms. The quantitative estimate of drug-likeness (QED) is 0.633. The van der Waals surface area contributed by atoms with Crippen LogP contribution in [0, 0.1) is 17.3 Å². The van der Waals surface area contributed by atoms with Crippen LogP contribution < -0.4 is 0 Å². The number of aromatic amines is 1. The van der Waals surface area contributed by atoms with E-state index >= 15 is 0 Å². The number of hydrogen-bond donors (Lipinski definition) is 2. The van der Waals surface area contributed by atoms with E-state index in [1.807, 2.05) is 13.8 Å². The molecular weight excluding hydrogens is 466 g/mol. The topological polar surface area (TPSA) is 80.8 Å². The third-order valence-corrected chi connectivity index (χ3v) is 11.5. The average Bonchev–Trinajstić information content (AvgIpc) is 3.48. The molecule has 1 saturated heterocycles. The molecule has 6 nitrogen and oxygen atoms in total. The highest BCUT2D eigenvalue weighted by Crippen LogP contribution is 2.72. The van der Waals surface area contributed by atoms with Crippen LogP contribution in [0.1, 0.15) is 71.1 Å². The predicted octanol–water partition coefficient (Wildman–Crippen LogP) is 4.73. The number of ketones is 1. The number of hydrogen-bond acceptors (Lipinski definition) is 5. The second kappa shape index (κ2) is 6.77. The van der Waals surface area contributed by atoms with Gasteiger partial charge in [-0.25, -0.2) is 0 Å². The second-order valence-corrected chi connectivity index (χ2v) is 13.6. The zero-order valence-electron chi connectivity index (χ0n) is 22.2. The molecule has 8 rings (SSSR count). The molecule has 1 unspecified atom stereocenters. The maximum atomic E-state index is 13.4. The number of rotatable bonds is 3. The molecule has 6 aliphatic rings. The lowest BCUT2D eigenvalue weighted by molar-refractivity contribution is -0.281. The summed E-state index contributed by atoms with van der Waals surface area (Å²) in [4.78, 5) is 17.2. The Morgan fingerprint density at radius 3 is 2.70 bits per heavy atom. The summed E-state index contributed by atoms with van der Waals surface area (Å²) in [7, 11) is 0. The first kappa shape index (κ1) is 22.9. The molecule has 37 heavy (non-hydrogen) atoms. The van der Waals surface area contributed by atoms with Crippen molar-refractivity contribution in [3.05, 3.63) is 47.2 Å². The number of fused-ring (bicyclic) bond motifs is 9. The smallest absolute Gasteiger partial charge is 0.195 e. The molecule has 3 saturated carbocycles. The van der Waals surface area contributed by atoms with Gasteiger partial charge in [-0.1, -0.05) is 32.0 Å². The summed E-state index contributed by atoms with van der Waals surface area (Å²) < 4.78 is 19.7. The van der Waals surface area contributed by atoms with Crippen LogP contribution in [0.15, 0.2) is 35.9 Å². The van der Waals surface area contributed by atoms with E-state index in [2.05, 4.69) is 43.1 Å². The Morgan fingerprint density at radius 1 is 1.14 bits per heavy atom. The molecule has 1 aromatic heterocycles. The summed E-state index contributed by atoms with van der Waals surface area (Å²) in [6, 6.07) is 8.54. The zero-order chi connectivity index (χ0) is 25.6. The first-order valence-electron chi connectivity index (χ1n) is 14.1. The van der Waals surface area contributed by atoms with Crippen molar-refractivity contribution in [2.24, 2.45) is 17.3 Å². The Hall–Kier alpha value is -1.99. The van der Waals surface area contributed by atoms with E-state index in [-0.39, 0.29) is 11.2 Å². The predicted molar refractivity (Wildman–Crippen MR) is 138 cm³/mol. The molecular formula is C31H37NO5. The number of aromatic nitrogens is 1. The van der Waals surface area contributed by atoms with Crippen LogP contribution in [0.5, 0.6) is 0 Å². The summed E-state index contributed by atoms with van der Waals surface area (Å²) >= 11 is 0. The van der Waals surface area contributed by atoms with Gasteiger partial charge >= 0.3 is 0 Å². The average molecular weight is 504 g/mol. The molecule has 2 aromatic rings. The number of H-pyrrole nitrogens is 1. The Morgan fingerprint density at radius 2 is 1.92 bits per heavy atom. The molecule has 0 amide bonds. The molecule has 1 aromatic carbocycles. The third-order valence-electron chi connectivity index (χ3n) is 11.5. The highest BCUT2D eigenvalue weighted by atomic mass is 16.8. The largest absolute Gasteiger partial charge is 0.382 e. The van der Waals surface area contributed by atoms with E-state index in [1.165, 1.54) is 29.5 Å². The first-order chi connectivity index (χ1) is 17.5. The summed E-state index contributed by atoms with van der Waals surface area (Å²) in [5.41, 5.74) is 1.29. The van der Waals surface area contributed by atoms with Gasteiger partial charge in [0.25, 0.3) is 0 Å². The normalized spacial score (nSPS) is 45.3. The van der Waals surface area contributed by atoms with Gasteiger partial charge in [-0.2, -0.15) is 0 Å².